The van der Waals surface area contributed by atoms with E-state index in [1.54, 1.807) is 36.5 Å². The van der Waals surface area contributed by atoms with Crippen LogP contribution in [0.25, 0.3) is 32.7 Å². The molecule has 0 fully saturated rings. The Hall–Kier alpha value is -4.15. The van der Waals surface area contributed by atoms with Gasteiger partial charge < -0.3 is 5.73 Å². The smallest absolute Gasteiger partial charge is 0.264 e. The van der Waals surface area contributed by atoms with Crippen molar-refractivity contribution in [2.24, 2.45) is 0 Å². The Bertz CT molecular complexity index is 1850. The average molecular weight is 500 g/mol. The van der Waals surface area contributed by atoms with Gasteiger partial charge in [-0.05, 0) is 46.7 Å². The molecule has 0 spiro atoms. The zero-order valence-corrected chi connectivity index (χ0v) is 19.7. The summed E-state index contributed by atoms with van der Waals surface area (Å²) in [5.41, 5.74) is 8.39. The van der Waals surface area contributed by atoms with Crippen LogP contribution in [0.2, 0.25) is 0 Å². The normalized spacial score (nSPS) is 11.9. The van der Waals surface area contributed by atoms with Gasteiger partial charge in [-0.15, -0.1) is 0 Å². The van der Waals surface area contributed by atoms with E-state index in [0.717, 1.165) is 21.2 Å². The third-order valence-electron chi connectivity index (χ3n) is 5.65. The van der Waals surface area contributed by atoms with Crippen molar-refractivity contribution in [2.75, 3.05) is 10.5 Å². The Morgan fingerprint density at radius 3 is 2.43 bits per heavy atom. The molecule has 2 aromatic heterocycles. The summed E-state index contributed by atoms with van der Waals surface area (Å²) in [4.78, 5) is 6.07. The lowest BCUT2D eigenvalue weighted by Crippen LogP contribution is -2.14. The van der Waals surface area contributed by atoms with Gasteiger partial charge in [0, 0.05) is 37.8 Å². The number of aromatic nitrogens is 3. The molecule has 0 aliphatic rings. The molecule has 172 valence electrons. The molecule has 2 heterocycles. The van der Waals surface area contributed by atoms with E-state index in [4.69, 9.17) is 10.4 Å². The van der Waals surface area contributed by atoms with Crippen LogP contribution in [0.15, 0.2) is 104 Å². The first kappa shape index (κ1) is 21.4. The number of nitrogens with two attached hydrogens (primary N) is 1. The highest BCUT2D eigenvalue weighted by Gasteiger charge is 2.24. The molecule has 8 nitrogen and oxygen atoms in total. The zero-order valence-electron chi connectivity index (χ0n) is 18.0. The molecular weight excluding hydrogens is 482 g/mol. The number of hydrogen-bond donors (Lipinski definition) is 2. The summed E-state index contributed by atoms with van der Waals surface area (Å²) in [6.45, 7) is 0. The second-order valence-electron chi connectivity index (χ2n) is 7.81. The van der Waals surface area contributed by atoms with Crippen LogP contribution >= 0.6 is 11.8 Å². The van der Waals surface area contributed by atoms with Gasteiger partial charge in [-0.3, -0.25) is 9.71 Å². The van der Waals surface area contributed by atoms with E-state index in [1.165, 1.54) is 17.8 Å². The van der Waals surface area contributed by atoms with Crippen LogP contribution in [-0.2, 0) is 10.0 Å². The van der Waals surface area contributed by atoms with Gasteiger partial charge in [0.25, 0.3) is 10.0 Å². The van der Waals surface area contributed by atoms with E-state index in [9.17, 15) is 8.42 Å². The van der Waals surface area contributed by atoms with E-state index >= 15 is 0 Å². The number of para-hydroxylation sites is 1. The van der Waals surface area contributed by atoms with Crippen molar-refractivity contribution in [3.05, 3.63) is 85.1 Å². The summed E-state index contributed by atoms with van der Waals surface area (Å²) in [5, 5.41) is 10.4. The van der Waals surface area contributed by atoms with Gasteiger partial charge in [-0.1, -0.05) is 54.2 Å². The van der Waals surface area contributed by atoms with Crippen molar-refractivity contribution in [1.29, 1.82) is 0 Å². The molecule has 6 rings (SSSR count). The molecule has 35 heavy (non-hydrogen) atoms. The fraction of sp³-hybridized carbons (Fsp3) is 0. The van der Waals surface area contributed by atoms with E-state index in [-0.39, 0.29) is 10.4 Å². The highest BCUT2D eigenvalue weighted by molar-refractivity contribution is 7.99. The summed E-state index contributed by atoms with van der Waals surface area (Å²) in [6, 6.07) is 23.6. The van der Waals surface area contributed by atoms with Crippen LogP contribution in [0.3, 0.4) is 0 Å². The number of nitrogens with zero attached hydrogens (tertiary/aromatic N) is 3. The van der Waals surface area contributed by atoms with Crippen LogP contribution in [0, 0.1) is 0 Å². The fourth-order valence-corrected chi connectivity index (χ4v) is 6.25. The van der Waals surface area contributed by atoms with Gasteiger partial charge in [-0.2, -0.15) is 0 Å². The molecule has 0 aliphatic carbocycles. The summed E-state index contributed by atoms with van der Waals surface area (Å²) < 4.78 is 34.5. The SMILES string of the molecule is Nc1cccc2c(NS(=O)(=O)c3ccc(Sc4cccc5cccnc45)c4nonc34)cccc12. The van der Waals surface area contributed by atoms with E-state index in [2.05, 4.69) is 20.0 Å². The van der Waals surface area contributed by atoms with Gasteiger partial charge in [0.05, 0.1) is 11.2 Å². The molecule has 0 unspecified atom stereocenters. The highest BCUT2D eigenvalue weighted by Crippen LogP contribution is 2.38. The van der Waals surface area contributed by atoms with Crippen LogP contribution < -0.4 is 10.5 Å². The maximum atomic E-state index is 13.4. The number of nitrogens with one attached hydrogen (secondary N) is 1. The Morgan fingerprint density at radius 1 is 0.771 bits per heavy atom. The largest absolute Gasteiger partial charge is 0.398 e. The summed E-state index contributed by atoms with van der Waals surface area (Å²) in [5.74, 6) is 0. The second-order valence-corrected chi connectivity index (χ2v) is 10.5. The van der Waals surface area contributed by atoms with Gasteiger partial charge in [0.15, 0.2) is 11.0 Å². The number of fused-ring (bicyclic) bond motifs is 3. The molecule has 0 amide bonds. The number of sulfonamides is 1. The molecule has 0 bridgehead atoms. The lowest BCUT2D eigenvalue weighted by atomic mass is 10.1. The predicted molar refractivity (Wildman–Crippen MR) is 137 cm³/mol. The Labute approximate surface area is 204 Å². The number of pyridine rings is 1. The predicted octanol–water partition coefficient (Wildman–Crippen LogP) is 5.46. The quantitative estimate of drug-likeness (QED) is 0.300. The lowest BCUT2D eigenvalue weighted by Gasteiger charge is -2.12. The second kappa shape index (κ2) is 8.26. The van der Waals surface area contributed by atoms with Crippen molar-refractivity contribution in [3.8, 4) is 0 Å². The monoisotopic (exact) mass is 499 g/mol. The minimum Gasteiger partial charge on any atom is -0.398 e. The topological polar surface area (TPSA) is 124 Å². The Balaban J connectivity index is 1.41. The molecule has 0 atom stereocenters. The molecule has 10 heteroatoms. The molecule has 0 aliphatic heterocycles. The van der Waals surface area contributed by atoms with Crippen molar-refractivity contribution in [1.82, 2.24) is 15.3 Å². The van der Waals surface area contributed by atoms with E-state index in [0.29, 0.717) is 27.2 Å². The minimum atomic E-state index is -4.01. The first-order chi connectivity index (χ1) is 17.0. The van der Waals surface area contributed by atoms with E-state index in [1.807, 2.05) is 42.5 Å². The lowest BCUT2D eigenvalue weighted by molar-refractivity contribution is 0.314. The Kier molecular flexibility index (Phi) is 5.05. The van der Waals surface area contributed by atoms with Gasteiger partial charge in [-0.25, -0.2) is 13.0 Å². The van der Waals surface area contributed by atoms with Crippen molar-refractivity contribution in [3.63, 3.8) is 0 Å². The van der Waals surface area contributed by atoms with Crippen molar-refractivity contribution < 1.29 is 13.0 Å². The highest BCUT2D eigenvalue weighted by atomic mass is 32.2. The summed E-state index contributed by atoms with van der Waals surface area (Å²) >= 11 is 1.42. The third kappa shape index (κ3) is 3.72. The minimum absolute atomic E-state index is 0.0324. The number of rotatable bonds is 5. The molecule has 4 aromatic carbocycles. The van der Waals surface area contributed by atoms with Crippen LogP contribution in [0.5, 0.6) is 0 Å². The third-order valence-corrected chi connectivity index (χ3v) is 8.14. The van der Waals surface area contributed by atoms with Crippen LogP contribution in [0.4, 0.5) is 11.4 Å². The van der Waals surface area contributed by atoms with Crippen molar-refractivity contribution >= 4 is 65.9 Å². The van der Waals surface area contributed by atoms with E-state index < -0.39 is 10.0 Å². The van der Waals surface area contributed by atoms with Crippen LogP contribution in [-0.4, -0.2) is 23.7 Å². The van der Waals surface area contributed by atoms with Gasteiger partial charge in [0.2, 0.25) is 0 Å². The molecule has 0 saturated heterocycles. The number of hydrogen-bond acceptors (Lipinski definition) is 8. The summed E-state index contributed by atoms with van der Waals surface area (Å²) in [7, 11) is -4.01. The average Bonchev–Trinajstić information content (AvgIpc) is 3.35. The van der Waals surface area contributed by atoms with Gasteiger partial charge in [0.1, 0.15) is 4.90 Å². The standard InChI is InChI=1S/C25H17N5O3S2/c26-18-9-2-8-17-16(18)7-3-10-19(17)30-35(31,32)22-13-12-21(24-25(22)29-33-28-24)34-20-11-1-5-15-6-4-14-27-23(15)20/h1-14,30H,26H2. The van der Waals surface area contributed by atoms with Crippen molar-refractivity contribution in [2.45, 2.75) is 14.7 Å². The van der Waals surface area contributed by atoms with Crippen LogP contribution in [0.1, 0.15) is 0 Å². The first-order valence-corrected chi connectivity index (χ1v) is 12.9. The maximum absolute atomic E-state index is 13.4. The number of anilines is 2. The fourth-order valence-electron chi connectivity index (χ4n) is 4.02. The molecule has 0 saturated carbocycles. The van der Waals surface area contributed by atoms with Gasteiger partial charge >= 0.3 is 0 Å². The molecule has 3 N–H and O–H groups in total. The Morgan fingerprint density at radius 2 is 1.51 bits per heavy atom. The summed E-state index contributed by atoms with van der Waals surface area (Å²) in [6.07, 6.45) is 1.74. The maximum Gasteiger partial charge on any atom is 0.264 e. The molecular formula is C25H17N5O3S2. The number of benzene rings is 4. The molecule has 0 radical (unpaired) electrons. The zero-order chi connectivity index (χ0) is 24.0. The first-order valence-electron chi connectivity index (χ1n) is 10.6. The molecule has 6 aromatic rings. The number of nitrogen functional groups attached to an aromatic ring is 1.